The lowest BCUT2D eigenvalue weighted by Gasteiger charge is -2.52. The van der Waals surface area contributed by atoms with E-state index >= 15 is 0 Å². The zero-order chi connectivity index (χ0) is 19.9. The summed E-state index contributed by atoms with van der Waals surface area (Å²) in [7, 11) is 0. The molecule has 0 amide bonds. The van der Waals surface area contributed by atoms with Crippen molar-refractivity contribution < 1.29 is 19.8 Å². The Morgan fingerprint density at radius 1 is 0.808 bits per heavy atom. The predicted molar refractivity (Wildman–Crippen MR) is 101 cm³/mol. The van der Waals surface area contributed by atoms with Crippen molar-refractivity contribution in [1.29, 1.82) is 0 Å². The van der Waals surface area contributed by atoms with Crippen LogP contribution in [0.5, 0.6) is 0 Å². The van der Waals surface area contributed by atoms with Gasteiger partial charge in [0.2, 0.25) is 0 Å². The van der Waals surface area contributed by atoms with Crippen molar-refractivity contribution in [3.05, 3.63) is 0 Å². The molecule has 2 rings (SSSR count). The first kappa shape index (κ1) is 20.6. The molecule has 0 aromatic rings. The van der Waals surface area contributed by atoms with Crippen molar-refractivity contribution in [2.75, 3.05) is 0 Å². The first-order chi connectivity index (χ1) is 11.9. The van der Waals surface area contributed by atoms with E-state index in [4.69, 9.17) is 10.2 Å². The number of carbonyl (C=O) groups is 2. The SMILES string of the molecule is C/C(=N/N=C(\C)[C@@H]1C[C@H](CC(=O)O)C1(C)C)[C@@H]1C[C@H](CC(=O)O)C1(C)C. The Balaban J connectivity index is 2.00. The van der Waals surface area contributed by atoms with Gasteiger partial charge in [-0.25, -0.2) is 0 Å². The van der Waals surface area contributed by atoms with Gasteiger partial charge in [0.25, 0.3) is 0 Å². The average Bonchev–Trinajstić information content (AvgIpc) is 2.51. The van der Waals surface area contributed by atoms with Crippen LogP contribution in [-0.4, -0.2) is 33.6 Å². The van der Waals surface area contributed by atoms with Gasteiger partial charge in [-0.05, 0) is 49.4 Å². The molecule has 0 heterocycles. The van der Waals surface area contributed by atoms with Crippen LogP contribution >= 0.6 is 0 Å². The molecular formula is C20H32N2O4. The molecule has 0 radical (unpaired) electrons. The molecular weight excluding hydrogens is 332 g/mol. The third kappa shape index (κ3) is 3.84. The van der Waals surface area contributed by atoms with E-state index in [0.717, 1.165) is 24.3 Å². The maximum Gasteiger partial charge on any atom is 0.303 e. The molecule has 146 valence electrons. The summed E-state index contributed by atoms with van der Waals surface area (Å²) in [4.78, 5) is 21.9. The Morgan fingerprint density at radius 3 is 1.35 bits per heavy atom. The molecule has 0 aliphatic heterocycles. The summed E-state index contributed by atoms with van der Waals surface area (Å²) in [6.45, 7) is 12.4. The van der Waals surface area contributed by atoms with Gasteiger partial charge in [-0.1, -0.05) is 27.7 Å². The van der Waals surface area contributed by atoms with Crippen molar-refractivity contribution in [2.24, 2.45) is 44.7 Å². The first-order valence-corrected chi connectivity index (χ1v) is 9.39. The Kier molecular flexibility index (Phi) is 5.64. The zero-order valence-electron chi connectivity index (χ0n) is 16.7. The molecule has 0 bridgehead atoms. The lowest BCUT2D eigenvalue weighted by Crippen LogP contribution is -2.49. The minimum Gasteiger partial charge on any atom is -0.481 e. The van der Waals surface area contributed by atoms with Crippen LogP contribution in [0.15, 0.2) is 10.2 Å². The monoisotopic (exact) mass is 364 g/mol. The van der Waals surface area contributed by atoms with Gasteiger partial charge in [-0.3, -0.25) is 9.59 Å². The highest BCUT2D eigenvalue weighted by Crippen LogP contribution is 2.54. The third-order valence-electron chi connectivity index (χ3n) is 7.16. The fourth-order valence-electron chi connectivity index (χ4n) is 4.86. The maximum atomic E-state index is 11.0. The average molecular weight is 364 g/mol. The minimum absolute atomic E-state index is 0.0717. The van der Waals surface area contributed by atoms with E-state index < -0.39 is 11.9 Å². The standard InChI is InChI=1S/C20H32N2O4/c1-11(15-7-13(9-17(23)24)19(15,3)4)21-22-12(2)16-8-14(10-18(25)26)20(16,5)6/h13-16H,7-10H2,1-6H3,(H,23,24)(H,25,26)/b21-11-,22-12+/t13-,14-,15+,16+/m1/s1. The molecule has 6 heteroatoms. The maximum absolute atomic E-state index is 11.0. The van der Waals surface area contributed by atoms with E-state index in [1.165, 1.54) is 0 Å². The molecule has 6 nitrogen and oxygen atoms in total. The predicted octanol–water partition coefficient (Wildman–Crippen LogP) is 4.10. The molecule has 0 aromatic heterocycles. The summed E-state index contributed by atoms with van der Waals surface area (Å²) in [5.41, 5.74) is 1.76. The lowest BCUT2D eigenvalue weighted by atomic mass is 9.52. The van der Waals surface area contributed by atoms with E-state index in [-0.39, 0.29) is 47.3 Å². The summed E-state index contributed by atoms with van der Waals surface area (Å²) in [6.07, 6.45) is 2.11. The molecule has 0 spiro atoms. The zero-order valence-corrected chi connectivity index (χ0v) is 16.7. The Bertz CT molecular complexity index is 592. The fraction of sp³-hybridized carbons (Fsp3) is 0.800. The molecule has 2 fully saturated rings. The topological polar surface area (TPSA) is 99.3 Å². The molecule has 2 N–H and O–H groups in total. The quantitative estimate of drug-likeness (QED) is 0.525. The second-order valence-corrected chi connectivity index (χ2v) is 9.29. The molecule has 0 aromatic carbocycles. The van der Waals surface area contributed by atoms with Gasteiger partial charge < -0.3 is 10.2 Å². The van der Waals surface area contributed by atoms with Crippen LogP contribution in [0.25, 0.3) is 0 Å². The summed E-state index contributed by atoms with van der Waals surface area (Å²) in [5.74, 6) is -0.596. The van der Waals surface area contributed by atoms with Crippen LogP contribution in [0.1, 0.15) is 67.2 Å². The van der Waals surface area contributed by atoms with E-state index in [0.29, 0.717) is 0 Å². The van der Waals surface area contributed by atoms with Gasteiger partial charge >= 0.3 is 11.9 Å². The number of nitrogens with zero attached hydrogens (tertiary/aromatic N) is 2. The second kappa shape index (κ2) is 7.12. The lowest BCUT2D eigenvalue weighted by molar-refractivity contribution is -0.142. The van der Waals surface area contributed by atoms with Gasteiger partial charge in [-0.2, -0.15) is 10.2 Å². The number of aliphatic carboxylic acids is 2. The van der Waals surface area contributed by atoms with Crippen LogP contribution < -0.4 is 0 Å². The highest BCUT2D eigenvalue weighted by atomic mass is 16.4. The minimum atomic E-state index is -0.742. The molecule has 0 saturated heterocycles. The summed E-state index contributed by atoms with van der Waals surface area (Å²) >= 11 is 0. The van der Waals surface area contributed by atoms with Crippen LogP contribution in [0.3, 0.4) is 0 Å². The Labute approximate surface area is 155 Å². The molecule has 0 unspecified atom stereocenters. The second-order valence-electron chi connectivity index (χ2n) is 9.29. The number of rotatable bonds is 7. The van der Waals surface area contributed by atoms with E-state index in [1.54, 1.807) is 0 Å². The van der Waals surface area contributed by atoms with Gasteiger partial charge in [0, 0.05) is 36.1 Å². The van der Waals surface area contributed by atoms with Gasteiger partial charge in [0.05, 0.1) is 0 Å². The van der Waals surface area contributed by atoms with Crippen molar-refractivity contribution >= 4 is 23.4 Å². The van der Waals surface area contributed by atoms with Gasteiger partial charge in [0.15, 0.2) is 0 Å². The molecule has 2 aliphatic rings. The van der Waals surface area contributed by atoms with Crippen LogP contribution in [0, 0.1) is 34.5 Å². The molecule has 26 heavy (non-hydrogen) atoms. The fourth-order valence-corrected chi connectivity index (χ4v) is 4.86. The molecule has 4 atom stereocenters. The smallest absolute Gasteiger partial charge is 0.303 e. The number of hydrogen-bond donors (Lipinski definition) is 2. The highest BCUT2D eigenvalue weighted by molar-refractivity contribution is 5.90. The largest absolute Gasteiger partial charge is 0.481 e. The molecule has 2 aliphatic carbocycles. The normalized spacial score (nSPS) is 33.2. The number of carboxylic acids is 2. The summed E-state index contributed by atoms with van der Waals surface area (Å²) < 4.78 is 0. The van der Waals surface area contributed by atoms with Crippen molar-refractivity contribution in [2.45, 2.75) is 67.2 Å². The van der Waals surface area contributed by atoms with Crippen LogP contribution in [0.4, 0.5) is 0 Å². The van der Waals surface area contributed by atoms with Crippen LogP contribution in [-0.2, 0) is 9.59 Å². The highest BCUT2D eigenvalue weighted by Gasteiger charge is 2.51. The van der Waals surface area contributed by atoms with E-state index in [9.17, 15) is 9.59 Å². The van der Waals surface area contributed by atoms with E-state index in [1.807, 2.05) is 13.8 Å². The van der Waals surface area contributed by atoms with Gasteiger partial charge in [-0.15, -0.1) is 0 Å². The summed E-state index contributed by atoms with van der Waals surface area (Å²) in [5, 5.41) is 26.9. The number of carboxylic acid groups (broad SMARTS) is 2. The molecule has 2 saturated carbocycles. The van der Waals surface area contributed by atoms with Crippen molar-refractivity contribution in [3.63, 3.8) is 0 Å². The van der Waals surface area contributed by atoms with Crippen molar-refractivity contribution in [3.8, 4) is 0 Å². The van der Waals surface area contributed by atoms with E-state index in [2.05, 4.69) is 37.9 Å². The Hall–Kier alpha value is -1.72. The first-order valence-electron chi connectivity index (χ1n) is 9.39. The number of hydrogen-bond acceptors (Lipinski definition) is 4. The summed E-state index contributed by atoms with van der Waals surface area (Å²) in [6, 6.07) is 0. The van der Waals surface area contributed by atoms with Crippen LogP contribution in [0.2, 0.25) is 0 Å². The third-order valence-corrected chi connectivity index (χ3v) is 7.16. The van der Waals surface area contributed by atoms with Crippen molar-refractivity contribution in [1.82, 2.24) is 0 Å². The van der Waals surface area contributed by atoms with Gasteiger partial charge in [0.1, 0.15) is 0 Å². The Morgan fingerprint density at radius 2 is 1.12 bits per heavy atom.